The van der Waals surface area contributed by atoms with Crippen LogP contribution < -0.4 is 9.60 Å². The average molecular weight is 513 g/mol. The van der Waals surface area contributed by atoms with Crippen molar-refractivity contribution >= 4 is 43.2 Å². The van der Waals surface area contributed by atoms with Crippen LogP contribution >= 0.6 is 22.9 Å². The number of fused-ring (bicyclic) bond motifs is 1. The molecule has 0 aliphatic heterocycles. The Morgan fingerprint density at radius 2 is 1.79 bits per heavy atom. The van der Waals surface area contributed by atoms with Crippen LogP contribution in [0, 0.1) is 0 Å². The van der Waals surface area contributed by atoms with E-state index in [0.29, 0.717) is 33.2 Å². The standard InChI is InChI=1S/C23H17ClN4O4S2/c24-17-8-6-16(7-9-17)22-26-21(32-27-22)13-25-34(30,31)18-10-11-19-20(12-18)33-23(29)28(19)14-15-4-2-1-3-5-15/h1-12,25H,13-14H2. The van der Waals surface area contributed by atoms with Crippen molar-refractivity contribution in [3.8, 4) is 11.4 Å². The molecule has 0 unspecified atom stereocenters. The zero-order valence-corrected chi connectivity index (χ0v) is 19.9. The maximum Gasteiger partial charge on any atom is 0.308 e. The maximum atomic E-state index is 12.9. The zero-order chi connectivity index (χ0) is 23.7. The van der Waals surface area contributed by atoms with Crippen molar-refractivity contribution in [2.75, 3.05) is 0 Å². The van der Waals surface area contributed by atoms with Gasteiger partial charge in [0.2, 0.25) is 21.7 Å². The molecule has 0 bridgehead atoms. The number of nitrogens with one attached hydrogen (secondary N) is 1. The largest absolute Gasteiger partial charge is 0.338 e. The predicted molar refractivity (Wildman–Crippen MR) is 130 cm³/mol. The monoisotopic (exact) mass is 512 g/mol. The molecule has 0 saturated carbocycles. The van der Waals surface area contributed by atoms with E-state index < -0.39 is 10.0 Å². The van der Waals surface area contributed by atoms with Crippen molar-refractivity contribution in [1.29, 1.82) is 0 Å². The maximum absolute atomic E-state index is 12.9. The minimum Gasteiger partial charge on any atom is -0.338 e. The smallest absolute Gasteiger partial charge is 0.308 e. The fourth-order valence-corrected chi connectivity index (χ4v) is 5.54. The van der Waals surface area contributed by atoms with Crippen molar-refractivity contribution in [3.63, 3.8) is 0 Å². The van der Waals surface area contributed by atoms with Crippen molar-refractivity contribution < 1.29 is 12.9 Å². The van der Waals surface area contributed by atoms with E-state index >= 15 is 0 Å². The SMILES string of the molecule is O=c1sc2cc(S(=O)(=O)NCc3nc(-c4ccc(Cl)cc4)no3)ccc2n1Cc1ccccc1. The molecule has 0 radical (unpaired) electrons. The molecule has 1 N–H and O–H groups in total. The van der Waals surface area contributed by atoms with Crippen LogP contribution in [0.5, 0.6) is 0 Å². The second-order valence-electron chi connectivity index (χ2n) is 7.41. The van der Waals surface area contributed by atoms with Gasteiger partial charge in [-0.2, -0.15) is 4.98 Å². The fourth-order valence-electron chi connectivity index (χ4n) is 3.41. The highest BCUT2D eigenvalue weighted by atomic mass is 35.5. The van der Waals surface area contributed by atoms with Gasteiger partial charge in [0, 0.05) is 10.6 Å². The Balaban J connectivity index is 1.34. The highest BCUT2D eigenvalue weighted by Crippen LogP contribution is 2.23. The van der Waals surface area contributed by atoms with Gasteiger partial charge in [-0.25, -0.2) is 13.1 Å². The molecule has 0 atom stereocenters. The Morgan fingerprint density at radius 1 is 1.03 bits per heavy atom. The van der Waals surface area contributed by atoms with E-state index in [0.717, 1.165) is 16.9 Å². The number of halogens is 1. The molecular weight excluding hydrogens is 496 g/mol. The van der Waals surface area contributed by atoms with E-state index in [9.17, 15) is 13.2 Å². The molecule has 0 spiro atoms. The summed E-state index contributed by atoms with van der Waals surface area (Å²) in [5.74, 6) is 0.449. The van der Waals surface area contributed by atoms with Gasteiger partial charge in [-0.1, -0.05) is 58.4 Å². The Morgan fingerprint density at radius 3 is 2.56 bits per heavy atom. The second kappa shape index (κ2) is 9.15. The fraction of sp³-hybridized carbons (Fsp3) is 0.0870. The Bertz CT molecular complexity index is 1630. The Kier molecular flexibility index (Phi) is 6.05. The second-order valence-corrected chi connectivity index (χ2v) is 10.6. The summed E-state index contributed by atoms with van der Waals surface area (Å²) in [4.78, 5) is 16.7. The number of rotatable bonds is 7. The van der Waals surface area contributed by atoms with Crippen molar-refractivity contribution in [1.82, 2.24) is 19.4 Å². The number of benzene rings is 3. The summed E-state index contributed by atoms with van der Waals surface area (Å²) in [5.41, 5.74) is 2.37. The first-order valence-electron chi connectivity index (χ1n) is 10.1. The molecule has 2 heterocycles. The molecule has 172 valence electrons. The third-order valence-corrected chi connectivity index (χ3v) is 7.71. The van der Waals surface area contributed by atoms with Gasteiger partial charge in [-0.05, 0) is 48.0 Å². The van der Waals surface area contributed by atoms with Crippen molar-refractivity contribution in [2.45, 2.75) is 18.0 Å². The highest BCUT2D eigenvalue weighted by Gasteiger charge is 2.19. The van der Waals surface area contributed by atoms with E-state index in [2.05, 4.69) is 14.9 Å². The van der Waals surface area contributed by atoms with Gasteiger partial charge in [0.05, 0.1) is 28.2 Å². The molecule has 0 fully saturated rings. The van der Waals surface area contributed by atoms with Gasteiger partial charge in [0.25, 0.3) is 0 Å². The molecule has 2 aromatic heterocycles. The molecule has 0 aliphatic rings. The summed E-state index contributed by atoms with van der Waals surface area (Å²) < 4.78 is 35.6. The Hall–Kier alpha value is -3.31. The number of hydrogen-bond donors (Lipinski definition) is 1. The van der Waals surface area contributed by atoms with Crippen LogP contribution in [-0.4, -0.2) is 23.1 Å². The van der Waals surface area contributed by atoms with Gasteiger partial charge in [-0.3, -0.25) is 9.36 Å². The van der Waals surface area contributed by atoms with Crippen LogP contribution in [0.4, 0.5) is 0 Å². The van der Waals surface area contributed by atoms with E-state index in [4.69, 9.17) is 16.1 Å². The summed E-state index contributed by atoms with van der Waals surface area (Å²) in [6.45, 7) is 0.239. The first kappa shape index (κ1) is 22.5. The van der Waals surface area contributed by atoms with Gasteiger partial charge < -0.3 is 4.52 Å². The predicted octanol–water partition coefficient (Wildman–Crippen LogP) is 4.29. The first-order valence-corrected chi connectivity index (χ1v) is 12.8. The number of nitrogens with zero attached hydrogens (tertiary/aromatic N) is 3. The van der Waals surface area contributed by atoms with Gasteiger partial charge >= 0.3 is 4.87 Å². The normalized spacial score (nSPS) is 11.8. The van der Waals surface area contributed by atoms with E-state index in [1.807, 2.05) is 30.3 Å². The van der Waals surface area contributed by atoms with E-state index in [1.54, 1.807) is 34.9 Å². The summed E-state index contributed by atoms with van der Waals surface area (Å²) >= 11 is 6.90. The molecule has 3 aromatic carbocycles. The molecule has 0 saturated heterocycles. The van der Waals surface area contributed by atoms with Crippen LogP contribution in [0.15, 0.2) is 87.0 Å². The molecule has 5 rings (SSSR count). The van der Waals surface area contributed by atoms with E-state index in [-0.39, 0.29) is 22.2 Å². The van der Waals surface area contributed by atoms with Crippen molar-refractivity contribution in [3.05, 3.63) is 98.9 Å². The highest BCUT2D eigenvalue weighted by molar-refractivity contribution is 7.89. The molecule has 11 heteroatoms. The number of hydrogen-bond acceptors (Lipinski definition) is 7. The summed E-state index contributed by atoms with van der Waals surface area (Å²) in [6.07, 6.45) is 0. The topological polar surface area (TPSA) is 107 Å². The first-order chi connectivity index (χ1) is 16.4. The minimum absolute atomic E-state index is 0.0468. The number of thiazole rings is 1. The zero-order valence-electron chi connectivity index (χ0n) is 17.5. The third-order valence-electron chi connectivity index (χ3n) is 5.12. The molecule has 34 heavy (non-hydrogen) atoms. The number of sulfonamides is 1. The van der Waals surface area contributed by atoms with Crippen LogP contribution in [0.2, 0.25) is 5.02 Å². The summed E-state index contributed by atoms with van der Waals surface area (Å²) in [6, 6.07) is 21.1. The van der Waals surface area contributed by atoms with Crippen LogP contribution in [0.3, 0.4) is 0 Å². The lowest BCUT2D eigenvalue weighted by atomic mass is 10.2. The third kappa shape index (κ3) is 4.66. The van der Waals surface area contributed by atoms with Crippen LogP contribution in [0.25, 0.3) is 21.6 Å². The molecular formula is C23H17ClN4O4S2. The van der Waals surface area contributed by atoms with Crippen LogP contribution in [0.1, 0.15) is 11.5 Å². The van der Waals surface area contributed by atoms with Gasteiger partial charge in [0.1, 0.15) is 0 Å². The Labute approximate surface area is 203 Å². The van der Waals surface area contributed by atoms with Crippen molar-refractivity contribution in [2.24, 2.45) is 0 Å². The molecule has 0 aliphatic carbocycles. The van der Waals surface area contributed by atoms with Crippen LogP contribution in [-0.2, 0) is 23.1 Å². The van der Waals surface area contributed by atoms with Gasteiger partial charge in [0.15, 0.2) is 0 Å². The van der Waals surface area contributed by atoms with Gasteiger partial charge in [-0.15, -0.1) is 0 Å². The quantitative estimate of drug-likeness (QED) is 0.348. The summed E-state index contributed by atoms with van der Waals surface area (Å²) in [5, 5.41) is 4.46. The lowest BCUT2D eigenvalue weighted by molar-refractivity contribution is 0.376. The lowest BCUT2D eigenvalue weighted by Gasteiger charge is -2.06. The number of aromatic nitrogens is 3. The minimum atomic E-state index is -3.87. The van der Waals surface area contributed by atoms with E-state index in [1.165, 1.54) is 12.1 Å². The molecule has 5 aromatic rings. The molecule has 8 nitrogen and oxygen atoms in total. The molecule has 0 amide bonds. The average Bonchev–Trinajstić information content (AvgIpc) is 3.43. The summed E-state index contributed by atoms with van der Waals surface area (Å²) in [7, 11) is -3.87. The lowest BCUT2D eigenvalue weighted by Crippen LogP contribution is -2.23.